The fourth-order valence-corrected chi connectivity index (χ4v) is 9.70. The van der Waals surface area contributed by atoms with Crippen LogP contribution in [0.1, 0.15) is 30.5 Å². The monoisotopic (exact) mass is 420 g/mol. The van der Waals surface area contributed by atoms with E-state index in [2.05, 4.69) is 127 Å². The fourth-order valence-electron chi connectivity index (χ4n) is 4.61. The minimum atomic E-state index is -2.03. The first kappa shape index (κ1) is 21.0. The molecule has 0 spiro atoms. The quantitative estimate of drug-likeness (QED) is 0.238. The van der Waals surface area contributed by atoms with Crippen LogP contribution in [0, 0.1) is 11.3 Å². The van der Waals surface area contributed by atoms with Crippen molar-refractivity contribution in [3.05, 3.63) is 127 Å². The van der Waals surface area contributed by atoms with Gasteiger partial charge in [0.05, 0.1) is 6.07 Å². The molecule has 4 aromatic carbocycles. The van der Waals surface area contributed by atoms with Crippen molar-refractivity contribution in [2.75, 3.05) is 0 Å². The lowest BCUT2D eigenvalue weighted by atomic mass is 10.1. The summed E-state index contributed by atoms with van der Waals surface area (Å²) in [5, 5.41) is 13.4. The van der Waals surface area contributed by atoms with Gasteiger partial charge >= 0.3 is 0 Å². The highest BCUT2D eigenvalue weighted by atomic mass is 31.2. The molecule has 1 nitrogen and oxygen atoms in total. The Kier molecular flexibility index (Phi) is 6.93. The Morgan fingerprint density at radius 2 is 0.968 bits per heavy atom. The van der Waals surface area contributed by atoms with Crippen molar-refractivity contribution in [2.45, 2.75) is 24.9 Å². The Bertz CT molecular complexity index is 1010. The predicted octanol–water partition coefficient (Wildman–Crippen LogP) is 6.42. The normalized spacial score (nSPS) is 12.1. The van der Waals surface area contributed by atoms with Crippen molar-refractivity contribution in [1.82, 2.24) is 0 Å². The van der Waals surface area contributed by atoms with E-state index in [4.69, 9.17) is 0 Å². The van der Waals surface area contributed by atoms with Crippen molar-refractivity contribution in [1.29, 1.82) is 5.26 Å². The first-order chi connectivity index (χ1) is 15.4. The Hall–Kier alpha value is -3.20. The molecule has 1 atom stereocenters. The largest absolute Gasteiger partial charge is 0.198 e. The summed E-state index contributed by atoms with van der Waals surface area (Å²) in [7, 11) is -2.03. The maximum absolute atomic E-state index is 9.26. The van der Waals surface area contributed by atoms with E-state index in [0.717, 1.165) is 12.8 Å². The molecule has 0 saturated heterocycles. The molecule has 0 aliphatic rings. The summed E-state index contributed by atoms with van der Waals surface area (Å²) in [6, 6.07) is 46.3. The zero-order chi connectivity index (χ0) is 21.4. The molecule has 0 saturated carbocycles. The van der Waals surface area contributed by atoms with E-state index in [1.54, 1.807) is 0 Å². The van der Waals surface area contributed by atoms with Crippen molar-refractivity contribution in [2.24, 2.45) is 0 Å². The molecule has 0 amide bonds. The van der Waals surface area contributed by atoms with Crippen molar-refractivity contribution >= 4 is 23.2 Å². The molecule has 0 aliphatic carbocycles. The fraction of sp³-hybridized carbons (Fsp3) is 0.138. The lowest BCUT2D eigenvalue weighted by Crippen LogP contribution is -2.35. The summed E-state index contributed by atoms with van der Waals surface area (Å²) >= 11 is 0. The molecule has 0 heterocycles. The Labute approximate surface area is 186 Å². The Morgan fingerprint density at radius 3 is 1.35 bits per heavy atom. The number of unbranched alkanes of at least 4 members (excludes halogenated alkanes) is 1. The number of benzene rings is 4. The lowest BCUT2D eigenvalue weighted by molar-refractivity contribution is 0.732. The topological polar surface area (TPSA) is 23.8 Å². The minimum absolute atomic E-state index is 0.300. The molecular formula is C29H27NP+. The number of hydrogen-bond acceptors (Lipinski definition) is 1. The Balaban J connectivity index is 2.05. The summed E-state index contributed by atoms with van der Waals surface area (Å²) in [6.07, 6.45) is 2.45. The standard InChI is InChI=1S/C29H27NP/c30-24-14-13-23-29(25-15-5-1-6-16-25)31(26-17-7-2-8-18-26,27-19-9-3-10-20-27)28-21-11-4-12-22-28/h1-12,15-22,29H,13-14,23H2/q+1. The van der Waals surface area contributed by atoms with E-state index in [1.807, 2.05) is 0 Å². The number of rotatable bonds is 8. The average Bonchev–Trinajstić information content (AvgIpc) is 2.86. The molecule has 4 rings (SSSR count). The summed E-state index contributed by atoms with van der Waals surface area (Å²) in [5.41, 5.74) is 1.65. The van der Waals surface area contributed by atoms with Crippen LogP contribution >= 0.6 is 7.26 Å². The number of hydrogen-bond donors (Lipinski definition) is 0. The van der Waals surface area contributed by atoms with Crippen LogP contribution in [0.5, 0.6) is 0 Å². The summed E-state index contributed by atoms with van der Waals surface area (Å²) in [4.78, 5) is 0. The summed E-state index contributed by atoms with van der Waals surface area (Å²) < 4.78 is 0. The van der Waals surface area contributed by atoms with Gasteiger partial charge in [-0.15, -0.1) is 0 Å². The molecule has 0 N–H and O–H groups in total. The van der Waals surface area contributed by atoms with Crippen LogP contribution in [0.25, 0.3) is 0 Å². The van der Waals surface area contributed by atoms with Crippen LogP contribution in [-0.2, 0) is 0 Å². The second kappa shape index (κ2) is 10.2. The highest BCUT2D eigenvalue weighted by Gasteiger charge is 2.52. The SMILES string of the molecule is N#CCCCC(c1ccccc1)[P+](c1ccccc1)(c1ccccc1)c1ccccc1. The zero-order valence-corrected chi connectivity index (χ0v) is 18.5. The maximum atomic E-state index is 9.26. The molecule has 0 fully saturated rings. The van der Waals surface area contributed by atoms with E-state index >= 15 is 0 Å². The van der Waals surface area contributed by atoms with Gasteiger partial charge in [-0.2, -0.15) is 5.26 Å². The molecule has 0 radical (unpaired) electrons. The minimum Gasteiger partial charge on any atom is -0.198 e. The molecule has 1 unspecified atom stereocenters. The van der Waals surface area contributed by atoms with Crippen LogP contribution < -0.4 is 15.9 Å². The van der Waals surface area contributed by atoms with Crippen molar-refractivity contribution in [3.63, 3.8) is 0 Å². The van der Waals surface area contributed by atoms with Gasteiger partial charge in [0.15, 0.2) is 0 Å². The first-order valence-electron chi connectivity index (χ1n) is 10.8. The maximum Gasteiger partial charge on any atom is 0.119 e. The van der Waals surface area contributed by atoms with Gasteiger partial charge in [-0.25, -0.2) is 0 Å². The van der Waals surface area contributed by atoms with Crippen LogP contribution in [-0.4, -0.2) is 0 Å². The van der Waals surface area contributed by atoms with E-state index in [9.17, 15) is 5.26 Å². The second-order valence-electron chi connectivity index (χ2n) is 7.71. The Morgan fingerprint density at radius 1 is 0.581 bits per heavy atom. The smallest absolute Gasteiger partial charge is 0.119 e. The van der Waals surface area contributed by atoms with E-state index in [0.29, 0.717) is 12.1 Å². The zero-order valence-electron chi connectivity index (χ0n) is 17.6. The molecule has 4 aromatic rings. The van der Waals surface area contributed by atoms with Crippen molar-refractivity contribution in [3.8, 4) is 6.07 Å². The van der Waals surface area contributed by atoms with E-state index in [1.165, 1.54) is 21.5 Å². The van der Waals surface area contributed by atoms with E-state index < -0.39 is 7.26 Å². The van der Waals surface area contributed by atoms with Gasteiger partial charge in [-0.1, -0.05) is 84.9 Å². The number of nitriles is 1. The number of nitrogens with zero attached hydrogens (tertiary/aromatic N) is 1. The molecular weight excluding hydrogens is 393 g/mol. The van der Waals surface area contributed by atoms with E-state index in [-0.39, 0.29) is 0 Å². The van der Waals surface area contributed by atoms with Gasteiger partial charge in [-0.3, -0.25) is 0 Å². The third kappa shape index (κ3) is 4.32. The van der Waals surface area contributed by atoms with Gasteiger partial charge in [-0.05, 0) is 54.8 Å². The van der Waals surface area contributed by atoms with Gasteiger partial charge in [0, 0.05) is 6.42 Å². The van der Waals surface area contributed by atoms with Crippen LogP contribution in [0.4, 0.5) is 0 Å². The summed E-state index contributed by atoms with van der Waals surface area (Å²) in [5.74, 6) is 0. The molecule has 0 aliphatic heterocycles. The van der Waals surface area contributed by atoms with Crippen LogP contribution in [0.15, 0.2) is 121 Å². The molecule has 152 valence electrons. The average molecular weight is 421 g/mol. The van der Waals surface area contributed by atoms with Crippen molar-refractivity contribution < 1.29 is 0 Å². The van der Waals surface area contributed by atoms with Gasteiger partial charge in [0.25, 0.3) is 0 Å². The molecule has 0 bridgehead atoms. The predicted molar refractivity (Wildman–Crippen MR) is 134 cm³/mol. The third-order valence-electron chi connectivity index (χ3n) is 5.91. The van der Waals surface area contributed by atoms with Gasteiger partial charge < -0.3 is 0 Å². The molecule has 31 heavy (non-hydrogen) atoms. The second-order valence-corrected chi connectivity index (χ2v) is 11.3. The molecule has 0 aromatic heterocycles. The third-order valence-corrected chi connectivity index (χ3v) is 10.7. The highest BCUT2D eigenvalue weighted by Crippen LogP contribution is 2.68. The highest BCUT2D eigenvalue weighted by molar-refractivity contribution is 7.96. The molecule has 2 heteroatoms. The van der Waals surface area contributed by atoms with Gasteiger partial charge in [0.1, 0.15) is 28.8 Å². The van der Waals surface area contributed by atoms with Crippen LogP contribution in [0.2, 0.25) is 0 Å². The van der Waals surface area contributed by atoms with Crippen LogP contribution in [0.3, 0.4) is 0 Å². The first-order valence-corrected chi connectivity index (χ1v) is 12.7. The summed E-state index contributed by atoms with van der Waals surface area (Å²) in [6.45, 7) is 0. The lowest BCUT2D eigenvalue weighted by Gasteiger charge is -2.35. The van der Waals surface area contributed by atoms with Gasteiger partial charge in [0.2, 0.25) is 0 Å².